The number of hydrogen-bond donors (Lipinski definition) is 0. The number of fused-ring (bicyclic) bond motifs is 1. The third-order valence-corrected chi connectivity index (χ3v) is 6.39. The van der Waals surface area contributed by atoms with Gasteiger partial charge in [-0.25, -0.2) is 0 Å². The zero-order valence-electron chi connectivity index (χ0n) is 13.7. The molecular formula is C18H27NO3S. The van der Waals surface area contributed by atoms with Crippen molar-refractivity contribution in [3.05, 3.63) is 22.4 Å². The second-order valence-electron chi connectivity index (χ2n) is 7.45. The summed E-state index contributed by atoms with van der Waals surface area (Å²) in [6, 6.07) is 2.24. The van der Waals surface area contributed by atoms with E-state index in [0.29, 0.717) is 11.8 Å². The van der Waals surface area contributed by atoms with Gasteiger partial charge in [0.1, 0.15) is 0 Å². The lowest BCUT2D eigenvalue weighted by molar-refractivity contribution is -0.0156. The Morgan fingerprint density at radius 1 is 1.30 bits per heavy atom. The highest BCUT2D eigenvalue weighted by Gasteiger charge is 2.50. The fourth-order valence-corrected chi connectivity index (χ4v) is 4.91. The first-order chi connectivity index (χ1) is 11.3. The second kappa shape index (κ2) is 7.19. The second-order valence-corrected chi connectivity index (χ2v) is 8.23. The Balaban J connectivity index is 1.30. The molecule has 23 heavy (non-hydrogen) atoms. The molecule has 4 heterocycles. The lowest BCUT2D eigenvalue weighted by atomic mass is 9.82. The number of hydrogen-bond acceptors (Lipinski definition) is 5. The molecule has 3 aliphatic rings. The molecule has 4 rings (SSSR count). The van der Waals surface area contributed by atoms with Crippen LogP contribution in [0.25, 0.3) is 0 Å². The van der Waals surface area contributed by atoms with Crippen molar-refractivity contribution in [3.8, 4) is 0 Å². The van der Waals surface area contributed by atoms with Crippen molar-refractivity contribution in [2.24, 2.45) is 17.3 Å². The van der Waals surface area contributed by atoms with Crippen LogP contribution in [0.1, 0.15) is 18.4 Å². The van der Waals surface area contributed by atoms with Crippen molar-refractivity contribution in [2.75, 3.05) is 52.7 Å². The van der Waals surface area contributed by atoms with E-state index in [1.165, 1.54) is 5.56 Å². The van der Waals surface area contributed by atoms with E-state index in [-0.39, 0.29) is 5.41 Å². The molecule has 3 fully saturated rings. The molecule has 4 nitrogen and oxygen atoms in total. The van der Waals surface area contributed by atoms with Crippen LogP contribution in [-0.2, 0) is 20.8 Å². The Labute approximate surface area is 142 Å². The van der Waals surface area contributed by atoms with Crippen molar-refractivity contribution >= 4 is 11.3 Å². The molecule has 1 aromatic heterocycles. The smallest absolute Gasteiger partial charge is 0.0561 e. The fraction of sp³-hybridized carbons (Fsp3) is 0.778. The van der Waals surface area contributed by atoms with Crippen LogP contribution in [0, 0.1) is 17.3 Å². The minimum atomic E-state index is 0.223. The van der Waals surface area contributed by atoms with E-state index in [2.05, 4.69) is 21.7 Å². The van der Waals surface area contributed by atoms with Gasteiger partial charge in [0, 0.05) is 50.8 Å². The van der Waals surface area contributed by atoms with Crippen molar-refractivity contribution < 1.29 is 14.2 Å². The zero-order chi connectivity index (χ0) is 15.5. The predicted octanol–water partition coefficient (Wildman–Crippen LogP) is 2.64. The van der Waals surface area contributed by atoms with E-state index in [1.807, 2.05) is 0 Å². The molecule has 5 heteroatoms. The van der Waals surface area contributed by atoms with Crippen molar-refractivity contribution in [3.63, 3.8) is 0 Å². The van der Waals surface area contributed by atoms with Crippen LogP contribution in [0.4, 0.5) is 0 Å². The first kappa shape index (κ1) is 16.0. The largest absolute Gasteiger partial charge is 0.381 e. The van der Waals surface area contributed by atoms with Gasteiger partial charge in [0.25, 0.3) is 0 Å². The monoisotopic (exact) mass is 337 g/mol. The molecule has 3 saturated heterocycles. The molecule has 0 spiro atoms. The molecule has 0 saturated carbocycles. The Hall–Kier alpha value is -0.460. The maximum atomic E-state index is 6.19. The van der Waals surface area contributed by atoms with Gasteiger partial charge in [-0.15, -0.1) is 0 Å². The molecule has 0 aliphatic carbocycles. The summed E-state index contributed by atoms with van der Waals surface area (Å²) in [6.07, 6.45) is 2.30. The fourth-order valence-electron chi connectivity index (χ4n) is 4.25. The minimum Gasteiger partial charge on any atom is -0.381 e. The first-order valence-electron chi connectivity index (χ1n) is 8.81. The van der Waals surface area contributed by atoms with Crippen LogP contribution >= 0.6 is 11.3 Å². The highest BCUT2D eigenvalue weighted by molar-refractivity contribution is 7.07. The number of nitrogens with zero attached hydrogens (tertiary/aromatic N) is 1. The number of ether oxygens (including phenoxy) is 3. The van der Waals surface area contributed by atoms with Gasteiger partial charge < -0.3 is 14.2 Å². The molecule has 128 valence electrons. The summed E-state index contributed by atoms with van der Waals surface area (Å²) in [5.74, 6) is 1.32. The lowest BCUT2D eigenvalue weighted by Gasteiger charge is -2.29. The van der Waals surface area contributed by atoms with Crippen molar-refractivity contribution in [2.45, 2.75) is 19.4 Å². The Morgan fingerprint density at radius 2 is 2.22 bits per heavy atom. The Kier molecular flexibility index (Phi) is 5.02. The molecule has 0 aromatic carbocycles. The average molecular weight is 337 g/mol. The molecule has 0 N–H and O–H groups in total. The van der Waals surface area contributed by atoms with Crippen LogP contribution in [0.3, 0.4) is 0 Å². The van der Waals surface area contributed by atoms with Gasteiger partial charge in [-0.05, 0) is 41.1 Å². The summed E-state index contributed by atoms with van der Waals surface area (Å²) in [4.78, 5) is 2.59. The van der Waals surface area contributed by atoms with Gasteiger partial charge in [0.2, 0.25) is 0 Å². The SMILES string of the molecule is c1cc(CN2C[C@@H]3COC[C@]3(COCC3CCOCC3)C2)cs1. The van der Waals surface area contributed by atoms with Gasteiger partial charge in [0.05, 0.1) is 19.8 Å². The summed E-state index contributed by atoms with van der Waals surface area (Å²) < 4.78 is 17.4. The van der Waals surface area contributed by atoms with Gasteiger partial charge in [0.15, 0.2) is 0 Å². The van der Waals surface area contributed by atoms with E-state index < -0.39 is 0 Å². The third-order valence-electron chi connectivity index (χ3n) is 5.66. The summed E-state index contributed by atoms with van der Waals surface area (Å²) >= 11 is 1.79. The van der Waals surface area contributed by atoms with Crippen molar-refractivity contribution in [1.29, 1.82) is 0 Å². The van der Waals surface area contributed by atoms with Gasteiger partial charge in [-0.2, -0.15) is 11.3 Å². The van der Waals surface area contributed by atoms with E-state index in [9.17, 15) is 0 Å². The van der Waals surface area contributed by atoms with E-state index in [1.54, 1.807) is 11.3 Å². The highest BCUT2D eigenvalue weighted by Crippen LogP contribution is 2.42. The summed E-state index contributed by atoms with van der Waals surface area (Å²) in [7, 11) is 0. The molecule has 0 amide bonds. The lowest BCUT2D eigenvalue weighted by Crippen LogP contribution is -2.36. The van der Waals surface area contributed by atoms with E-state index >= 15 is 0 Å². The molecule has 1 aromatic rings. The predicted molar refractivity (Wildman–Crippen MR) is 90.7 cm³/mol. The molecular weight excluding hydrogens is 310 g/mol. The quantitative estimate of drug-likeness (QED) is 0.798. The molecule has 3 aliphatic heterocycles. The van der Waals surface area contributed by atoms with Gasteiger partial charge in [-0.1, -0.05) is 0 Å². The molecule has 0 radical (unpaired) electrons. The Bertz CT molecular complexity index is 488. The van der Waals surface area contributed by atoms with Crippen molar-refractivity contribution in [1.82, 2.24) is 4.90 Å². The zero-order valence-corrected chi connectivity index (χ0v) is 14.6. The summed E-state index contributed by atoms with van der Waals surface area (Å²) in [5, 5.41) is 4.43. The standard InChI is InChI=1S/C18H27NO3S/c1-4-20-5-2-15(1)9-21-13-18-12-19(7-16-3-6-23-11-16)8-17(18)10-22-14-18/h3,6,11,15,17H,1-2,4-5,7-10,12-14H2/t17-,18-/m1/s1. The normalized spacial score (nSPS) is 32.4. The van der Waals surface area contributed by atoms with E-state index in [4.69, 9.17) is 14.2 Å². The Morgan fingerprint density at radius 3 is 3.04 bits per heavy atom. The summed E-state index contributed by atoms with van der Waals surface area (Å²) in [6.45, 7) is 8.65. The maximum absolute atomic E-state index is 6.19. The van der Waals surface area contributed by atoms with E-state index in [0.717, 1.165) is 72.1 Å². The summed E-state index contributed by atoms with van der Waals surface area (Å²) in [5.41, 5.74) is 1.66. The number of rotatable bonds is 6. The van der Waals surface area contributed by atoms with Crippen LogP contribution in [0.5, 0.6) is 0 Å². The van der Waals surface area contributed by atoms with Gasteiger partial charge in [-0.3, -0.25) is 4.90 Å². The third kappa shape index (κ3) is 3.64. The number of likely N-dealkylation sites (tertiary alicyclic amines) is 1. The molecule has 0 bridgehead atoms. The number of thiophene rings is 1. The van der Waals surface area contributed by atoms with Crippen LogP contribution in [0.15, 0.2) is 16.8 Å². The highest BCUT2D eigenvalue weighted by atomic mass is 32.1. The first-order valence-corrected chi connectivity index (χ1v) is 9.75. The molecule has 2 atom stereocenters. The van der Waals surface area contributed by atoms with Gasteiger partial charge >= 0.3 is 0 Å². The van der Waals surface area contributed by atoms with Crippen LogP contribution in [0.2, 0.25) is 0 Å². The van der Waals surface area contributed by atoms with Crippen LogP contribution in [-0.4, -0.2) is 57.6 Å². The minimum absolute atomic E-state index is 0.223. The molecule has 0 unspecified atom stereocenters. The topological polar surface area (TPSA) is 30.9 Å². The maximum Gasteiger partial charge on any atom is 0.0561 e. The average Bonchev–Trinajstić information content (AvgIpc) is 3.25. The van der Waals surface area contributed by atoms with Crippen LogP contribution < -0.4 is 0 Å².